The van der Waals surface area contributed by atoms with Gasteiger partial charge in [0.15, 0.2) is 0 Å². The summed E-state index contributed by atoms with van der Waals surface area (Å²) in [6, 6.07) is 10.5. The zero-order chi connectivity index (χ0) is 11.1. The average Bonchev–Trinajstić information content (AvgIpc) is 2.25. The fraction of sp³-hybridized carbons (Fsp3) is 0.500. The highest BCUT2D eigenvalue weighted by Gasteiger charge is 2.08. The highest BCUT2D eigenvalue weighted by molar-refractivity contribution is 7.99. The van der Waals surface area contributed by atoms with Gasteiger partial charge in [-0.1, -0.05) is 30.3 Å². The van der Waals surface area contributed by atoms with Gasteiger partial charge in [0, 0.05) is 24.1 Å². The van der Waals surface area contributed by atoms with Crippen molar-refractivity contribution in [3.8, 4) is 0 Å². The lowest BCUT2D eigenvalue weighted by Crippen LogP contribution is -2.17. The highest BCUT2D eigenvalue weighted by Crippen LogP contribution is 2.27. The number of rotatable bonds is 6. The maximum absolute atomic E-state index is 5.79. The van der Waals surface area contributed by atoms with Crippen LogP contribution in [-0.4, -0.2) is 37.8 Å². The van der Waals surface area contributed by atoms with Gasteiger partial charge in [0.05, 0.1) is 0 Å². The van der Waals surface area contributed by atoms with E-state index in [1.54, 1.807) is 0 Å². The van der Waals surface area contributed by atoms with Crippen molar-refractivity contribution in [3.05, 3.63) is 35.9 Å². The second-order valence-corrected chi connectivity index (χ2v) is 5.12. The molecule has 84 valence electrons. The van der Waals surface area contributed by atoms with E-state index in [2.05, 4.69) is 43.3 Å². The monoisotopic (exact) mass is 224 g/mol. The number of nitrogens with zero attached hydrogens (tertiary/aromatic N) is 1. The fourth-order valence-corrected chi connectivity index (χ4v) is 2.59. The Morgan fingerprint density at radius 2 is 1.93 bits per heavy atom. The van der Waals surface area contributed by atoms with Gasteiger partial charge in [-0.05, 0) is 19.7 Å². The first-order chi connectivity index (χ1) is 7.24. The molecular formula is C12H20N2S. The van der Waals surface area contributed by atoms with Crippen molar-refractivity contribution in [3.63, 3.8) is 0 Å². The molecule has 0 aliphatic rings. The Bertz CT molecular complexity index is 262. The Morgan fingerprint density at radius 1 is 1.27 bits per heavy atom. The molecule has 0 heterocycles. The topological polar surface area (TPSA) is 29.3 Å². The van der Waals surface area contributed by atoms with E-state index in [0.717, 1.165) is 12.3 Å². The molecule has 0 aromatic heterocycles. The lowest BCUT2D eigenvalue weighted by atomic mass is 10.1. The molecule has 0 aliphatic heterocycles. The average molecular weight is 224 g/mol. The molecule has 2 N–H and O–H groups in total. The molecule has 1 aromatic carbocycles. The van der Waals surface area contributed by atoms with Gasteiger partial charge < -0.3 is 10.6 Å². The van der Waals surface area contributed by atoms with Gasteiger partial charge in [0.25, 0.3) is 0 Å². The van der Waals surface area contributed by atoms with Crippen LogP contribution >= 0.6 is 11.8 Å². The third-order valence-corrected chi connectivity index (χ3v) is 3.53. The SMILES string of the molecule is CN(C)CCSC(CN)c1ccccc1. The maximum Gasteiger partial charge on any atom is 0.0420 e. The Labute approximate surface area is 96.8 Å². The molecule has 0 saturated heterocycles. The van der Waals surface area contributed by atoms with E-state index >= 15 is 0 Å². The van der Waals surface area contributed by atoms with E-state index in [-0.39, 0.29) is 0 Å². The summed E-state index contributed by atoms with van der Waals surface area (Å²) in [6.07, 6.45) is 0. The van der Waals surface area contributed by atoms with Gasteiger partial charge in [0.2, 0.25) is 0 Å². The summed E-state index contributed by atoms with van der Waals surface area (Å²) in [5.41, 5.74) is 7.12. The molecular weight excluding hydrogens is 204 g/mol. The minimum Gasteiger partial charge on any atom is -0.329 e. The maximum atomic E-state index is 5.79. The predicted molar refractivity (Wildman–Crippen MR) is 69.2 cm³/mol. The van der Waals surface area contributed by atoms with Crippen LogP contribution in [0.1, 0.15) is 10.8 Å². The molecule has 0 saturated carbocycles. The van der Waals surface area contributed by atoms with Crippen molar-refractivity contribution in [1.29, 1.82) is 0 Å². The standard InChI is InChI=1S/C12H20N2S/c1-14(2)8-9-15-12(10-13)11-6-4-3-5-7-11/h3-7,12H,8-10,13H2,1-2H3. The summed E-state index contributed by atoms with van der Waals surface area (Å²) in [5.74, 6) is 1.13. The number of nitrogens with two attached hydrogens (primary N) is 1. The minimum absolute atomic E-state index is 0.436. The third kappa shape index (κ3) is 4.69. The molecule has 0 bridgehead atoms. The van der Waals surface area contributed by atoms with Gasteiger partial charge >= 0.3 is 0 Å². The summed E-state index contributed by atoms with van der Waals surface area (Å²) >= 11 is 1.94. The molecule has 2 nitrogen and oxygen atoms in total. The molecule has 0 radical (unpaired) electrons. The molecule has 15 heavy (non-hydrogen) atoms. The summed E-state index contributed by atoms with van der Waals surface area (Å²) in [6.45, 7) is 1.82. The summed E-state index contributed by atoms with van der Waals surface area (Å²) in [7, 11) is 4.20. The molecule has 0 spiro atoms. The zero-order valence-electron chi connectivity index (χ0n) is 9.52. The normalized spacial score (nSPS) is 13.1. The van der Waals surface area contributed by atoms with Gasteiger partial charge in [-0.3, -0.25) is 0 Å². The minimum atomic E-state index is 0.436. The first-order valence-corrected chi connectivity index (χ1v) is 6.30. The first-order valence-electron chi connectivity index (χ1n) is 5.25. The fourth-order valence-electron chi connectivity index (χ4n) is 1.35. The van der Waals surface area contributed by atoms with Crippen LogP contribution in [0, 0.1) is 0 Å². The van der Waals surface area contributed by atoms with Crippen LogP contribution in [-0.2, 0) is 0 Å². The number of thioether (sulfide) groups is 1. The molecule has 0 amide bonds. The van der Waals surface area contributed by atoms with Gasteiger partial charge in [-0.25, -0.2) is 0 Å². The summed E-state index contributed by atoms with van der Waals surface area (Å²) in [4.78, 5) is 2.20. The molecule has 1 rings (SSSR count). The lowest BCUT2D eigenvalue weighted by molar-refractivity contribution is 0.437. The van der Waals surface area contributed by atoms with E-state index in [1.807, 2.05) is 17.8 Å². The van der Waals surface area contributed by atoms with Gasteiger partial charge in [-0.15, -0.1) is 0 Å². The Balaban J connectivity index is 2.43. The molecule has 0 aliphatic carbocycles. The van der Waals surface area contributed by atoms with Crippen LogP contribution in [0.15, 0.2) is 30.3 Å². The van der Waals surface area contributed by atoms with E-state index in [9.17, 15) is 0 Å². The predicted octanol–water partition coefficient (Wildman–Crippen LogP) is 1.98. The van der Waals surface area contributed by atoms with Crippen molar-refractivity contribution in [2.24, 2.45) is 5.73 Å². The van der Waals surface area contributed by atoms with Crippen molar-refractivity contribution in [1.82, 2.24) is 4.90 Å². The van der Waals surface area contributed by atoms with E-state index in [1.165, 1.54) is 5.56 Å². The number of hydrogen-bond donors (Lipinski definition) is 1. The van der Waals surface area contributed by atoms with Crippen LogP contribution in [0.5, 0.6) is 0 Å². The first kappa shape index (κ1) is 12.6. The molecule has 3 heteroatoms. The third-order valence-electron chi connectivity index (χ3n) is 2.24. The largest absolute Gasteiger partial charge is 0.329 e. The molecule has 1 unspecified atom stereocenters. The van der Waals surface area contributed by atoms with E-state index < -0.39 is 0 Å². The van der Waals surface area contributed by atoms with Crippen molar-refractivity contribution >= 4 is 11.8 Å². The molecule has 0 fully saturated rings. The lowest BCUT2D eigenvalue weighted by Gasteiger charge is -2.16. The smallest absolute Gasteiger partial charge is 0.0420 e. The van der Waals surface area contributed by atoms with Crippen LogP contribution < -0.4 is 5.73 Å². The number of benzene rings is 1. The Morgan fingerprint density at radius 3 is 2.47 bits per heavy atom. The van der Waals surface area contributed by atoms with Crippen molar-refractivity contribution < 1.29 is 0 Å². The Hall–Kier alpha value is -0.510. The van der Waals surface area contributed by atoms with Crippen molar-refractivity contribution in [2.75, 3.05) is 32.9 Å². The summed E-state index contributed by atoms with van der Waals surface area (Å²) < 4.78 is 0. The quantitative estimate of drug-likeness (QED) is 0.801. The zero-order valence-corrected chi connectivity index (χ0v) is 10.3. The van der Waals surface area contributed by atoms with Crippen LogP contribution in [0.4, 0.5) is 0 Å². The molecule has 1 atom stereocenters. The van der Waals surface area contributed by atoms with Crippen LogP contribution in [0.3, 0.4) is 0 Å². The second-order valence-electron chi connectivity index (χ2n) is 3.81. The number of hydrogen-bond acceptors (Lipinski definition) is 3. The Kier molecular flexibility index (Phi) is 5.76. The van der Waals surface area contributed by atoms with Crippen LogP contribution in [0.25, 0.3) is 0 Å². The van der Waals surface area contributed by atoms with Crippen LogP contribution in [0.2, 0.25) is 0 Å². The highest BCUT2D eigenvalue weighted by atomic mass is 32.2. The van der Waals surface area contributed by atoms with Gasteiger partial charge in [0.1, 0.15) is 0 Å². The van der Waals surface area contributed by atoms with E-state index in [4.69, 9.17) is 5.73 Å². The summed E-state index contributed by atoms with van der Waals surface area (Å²) in [5, 5.41) is 0.436. The van der Waals surface area contributed by atoms with Gasteiger partial charge in [-0.2, -0.15) is 11.8 Å². The van der Waals surface area contributed by atoms with Crippen molar-refractivity contribution in [2.45, 2.75) is 5.25 Å². The second kappa shape index (κ2) is 6.88. The van der Waals surface area contributed by atoms with E-state index in [0.29, 0.717) is 11.8 Å². The molecule has 1 aromatic rings.